The largest absolute Gasteiger partial charge is 0.341 e. The topological polar surface area (TPSA) is 16.8 Å². The van der Waals surface area contributed by atoms with Crippen molar-refractivity contribution in [2.24, 2.45) is 7.05 Å². The van der Waals surface area contributed by atoms with Gasteiger partial charge in [-0.2, -0.15) is 29.3 Å². The predicted octanol–water partition coefficient (Wildman–Crippen LogP) is 5.45. The average molecular weight is 448 g/mol. The van der Waals surface area contributed by atoms with Crippen LogP contribution in [0.2, 0.25) is 0 Å². The number of pyridine rings is 2. The molecule has 0 atom stereocenters. The SMILES string of the molecule is Cc1ccc(-c2[c-]c3ccc4ccccc4c3nc2)[c-]c1-c1cccc[n+]1C.[Y]. The van der Waals surface area contributed by atoms with Crippen LogP contribution in [0.25, 0.3) is 44.1 Å². The van der Waals surface area contributed by atoms with Crippen molar-refractivity contribution in [3.05, 3.63) is 96.8 Å². The molecule has 2 nitrogen and oxygen atoms in total. The fourth-order valence-corrected chi connectivity index (χ4v) is 3.71. The molecular weight excluding hydrogens is 429 g/mol. The summed E-state index contributed by atoms with van der Waals surface area (Å²) >= 11 is 0. The first kappa shape index (κ1) is 19.9. The molecule has 1 radical (unpaired) electrons. The summed E-state index contributed by atoms with van der Waals surface area (Å²) in [4.78, 5) is 4.77. The molecule has 0 aliphatic rings. The zero-order valence-corrected chi connectivity index (χ0v) is 19.3. The van der Waals surface area contributed by atoms with Crippen LogP contribution in [-0.2, 0) is 39.8 Å². The first-order chi connectivity index (χ1) is 13.7. The van der Waals surface area contributed by atoms with Crippen molar-refractivity contribution in [1.82, 2.24) is 4.98 Å². The van der Waals surface area contributed by atoms with Gasteiger partial charge in [0, 0.05) is 44.3 Å². The van der Waals surface area contributed by atoms with Gasteiger partial charge in [-0.05, 0) is 16.8 Å². The van der Waals surface area contributed by atoms with Crippen LogP contribution >= 0.6 is 0 Å². The van der Waals surface area contributed by atoms with Gasteiger partial charge in [-0.3, -0.25) is 0 Å². The standard InChI is InChI=1S/C26H19N2.Y/c1-18-10-11-20(16-24(18)25-9-5-6-14-28(25)2)22-15-21-13-12-19-7-3-4-8-23(19)26(21)27-17-22;/h3-14,17H,1-2H3;/q-1;. The molecule has 0 bridgehead atoms. The molecule has 2 heterocycles. The fraction of sp³-hybridized carbons (Fsp3) is 0.0769. The Morgan fingerprint density at radius 2 is 1.66 bits per heavy atom. The Labute approximate surface area is 196 Å². The van der Waals surface area contributed by atoms with Crippen molar-refractivity contribution in [1.29, 1.82) is 0 Å². The molecule has 5 rings (SSSR count). The van der Waals surface area contributed by atoms with Gasteiger partial charge < -0.3 is 4.98 Å². The van der Waals surface area contributed by atoms with Gasteiger partial charge in [0.2, 0.25) is 0 Å². The Morgan fingerprint density at radius 3 is 2.52 bits per heavy atom. The third kappa shape index (κ3) is 3.63. The molecule has 3 aromatic carbocycles. The number of rotatable bonds is 2. The van der Waals surface area contributed by atoms with Crippen molar-refractivity contribution in [2.45, 2.75) is 6.92 Å². The summed E-state index contributed by atoms with van der Waals surface area (Å²) in [5.41, 5.74) is 6.40. The smallest absolute Gasteiger partial charge is 0.161 e. The minimum absolute atomic E-state index is 0. The fourth-order valence-electron chi connectivity index (χ4n) is 3.71. The Morgan fingerprint density at radius 1 is 0.828 bits per heavy atom. The molecule has 2 aromatic heterocycles. The maximum Gasteiger partial charge on any atom is 0.161 e. The van der Waals surface area contributed by atoms with E-state index < -0.39 is 0 Å². The number of fused-ring (bicyclic) bond motifs is 3. The van der Waals surface area contributed by atoms with Crippen LogP contribution in [0.15, 0.2) is 79.1 Å². The number of aryl methyl sites for hydroxylation is 2. The molecule has 137 valence electrons. The van der Waals surface area contributed by atoms with Gasteiger partial charge >= 0.3 is 0 Å². The zero-order chi connectivity index (χ0) is 19.1. The van der Waals surface area contributed by atoms with E-state index in [4.69, 9.17) is 4.98 Å². The number of hydrogen-bond acceptors (Lipinski definition) is 1. The van der Waals surface area contributed by atoms with Crippen LogP contribution in [-0.4, -0.2) is 4.98 Å². The summed E-state index contributed by atoms with van der Waals surface area (Å²) in [6.07, 6.45) is 3.97. The van der Waals surface area contributed by atoms with Gasteiger partial charge in [0.25, 0.3) is 0 Å². The van der Waals surface area contributed by atoms with Crippen molar-refractivity contribution in [3.8, 4) is 22.4 Å². The molecule has 3 heteroatoms. The maximum atomic E-state index is 4.77. The van der Waals surface area contributed by atoms with E-state index in [9.17, 15) is 0 Å². The quantitative estimate of drug-likeness (QED) is 0.199. The molecule has 0 spiro atoms. The third-order valence-corrected chi connectivity index (χ3v) is 5.25. The summed E-state index contributed by atoms with van der Waals surface area (Å²) in [7, 11) is 2.06. The van der Waals surface area contributed by atoms with Gasteiger partial charge in [-0.15, -0.1) is 23.1 Å². The van der Waals surface area contributed by atoms with Gasteiger partial charge in [0.15, 0.2) is 6.20 Å². The molecule has 0 fully saturated rings. The summed E-state index contributed by atoms with van der Waals surface area (Å²) in [5.74, 6) is 0. The van der Waals surface area contributed by atoms with Gasteiger partial charge in [0.05, 0.1) is 0 Å². The van der Waals surface area contributed by atoms with E-state index in [1.54, 1.807) is 0 Å². The normalized spacial score (nSPS) is 10.8. The monoisotopic (exact) mass is 448 g/mol. The molecule has 0 amide bonds. The van der Waals surface area contributed by atoms with E-state index in [0.717, 1.165) is 38.7 Å². The number of hydrogen-bond donors (Lipinski definition) is 0. The van der Waals surface area contributed by atoms with E-state index in [1.807, 2.05) is 12.3 Å². The van der Waals surface area contributed by atoms with Gasteiger partial charge in [0.1, 0.15) is 12.7 Å². The average Bonchev–Trinajstić information content (AvgIpc) is 2.74. The van der Waals surface area contributed by atoms with Crippen LogP contribution in [0.4, 0.5) is 0 Å². The number of benzene rings is 3. The van der Waals surface area contributed by atoms with Crippen LogP contribution in [0.5, 0.6) is 0 Å². The van der Waals surface area contributed by atoms with Crippen LogP contribution in [0.1, 0.15) is 5.56 Å². The molecule has 0 aliphatic heterocycles. The molecular formula is C26H19N2Y-. The molecule has 0 unspecified atom stereocenters. The second-order valence-electron chi connectivity index (χ2n) is 7.11. The molecule has 0 saturated heterocycles. The second kappa shape index (κ2) is 8.14. The van der Waals surface area contributed by atoms with E-state index in [2.05, 4.69) is 97.5 Å². The maximum absolute atomic E-state index is 4.77. The van der Waals surface area contributed by atoms with Crippen LogP contribution in [0.3, 0.4) is 0 Å². The minimum Gasteiger partial charge on any atom is -0.341 e. The first-order valence-corrected chi connectivity index (χ1v) is 9.39. The Bertz CT molecular complexity index is 1340. The Hall–Kier alpha value is -2.42. The molecule has 0 N–H and O–H groups in total. The molecule has 5 aromatic rings. The third-order valence-electron chi connectivity index (χ3n) is 5.25. The summed E-state index contributed by atoms with van der Waals surface area (Å²) in [6.45, 7) is 2.12. The van der Waals surface area contributed by atoms with Crippen molar-refractivity contribution >= 4 is 21.7 Å². The van der Waals surface area contributed by atoms with E-state index in [1.165, 1.54) is 10.9 Å². The minimum atomic E-state index is 0. The summed E-state index contributed by atoms with van der Waals surface area (Å²) in [5, 5.41) is 3.38. The first-order valence-electron chi connectivity index (χ1n) is 9.39. The molecule has 0 aliphatic carbocycles. The zero-order valence-electron chi connectivity index (χ0n) is 16.5. The number of nitrogens with zero attached hydrogens (tertiary/aromatic N) is 2. The van der Waals surface area contributed by atoms with Gasteiger partial charge in [-0.1, -0.05) is 55.1 Å². The second-order valence-corrected chi connectivity index (χ2v) is 7.11. The van der Waals surface area contributed by atoms with Crippen molar-refractivity contribution < 1.29 is 37.3 Å². The summed E-state index contributed by atoms with van der Waals surface area (Å²) < 4.78 is 2.12. The van der Waals surface area contributed by atoms with E-state index >= 15 is 0 Å². The van der Waals surface area contributed by atoms with Crippen LogP contribution in [0, 0.1) is 19.1 Å². The Balaban J connectivity index is 0.00000205. The van der Waals surface area contributed by atoms with Crippen LogP contribution < -0.4 is 4.57 Å². The van der Waals surface area contributed by atoms with E-state index in [0.29, 0.717) is 0 Å². The molecule has 0 saturated carbocycles. The molecule has 29 heavy (non-hydrogen) atoms. The Kier molecular flexibility index (Phi) is 5.58. The van der Waals surface area contributed by atoms with Gasteiger partial charge in [-0.25, -0.2) is 4.57 Å². The predicted molar refractivity (Wildman–Crippen MR) is 114 cm³/mol. The number of aromatic nitrogens is 2. The van der Waals surface area contributed by atoms with Crippen molar-refractivity contribution in [2.75, 3.05) is 0 Å². The van der Waals surface area contributed by atoms with Crippen molar-refractivity contribution in [3.63, 3.8) is 0 Å². The summed E-state index contributed by atoms with van der Waals surface area (Å²) in [6, 6.07) is 30.2. The van der Waals surface area contributed by atoms with E-state index in [-0.39, 0.29) is 32.7 Å².